The highest BCUT2D eigenvalue weighted by Gasteiger charge is 2.63. The predicted octanol–water partition coefficient (Wildman–Crippen LogP) is -0.781. The third kappa shape index (κ3) is 9.24. The normalized spacial score (nSPS) is 49.9. The maximum atomic E-state index is 14.0. The van der Waals surface area contributed by atoms with E-state index in [1.807, 2.05) is 13.8 Å². The lowest BCUT2D eigenvalue weighted by molar-refractivity contribution is -0.369. The summed E-state index contributed by atoms with van der Waals surface area (Å²) >= 11 is 0. The first-order valence-electron chi connectivity index (χ1n) is 23.1. The first kappa shape index (κ1) is 49.3. The van der Waals surface area contributed by atoms with Crippen LogP contribution in [0.15, 0.2) is 11.6 Å². The van der Waals surface area contributed by atoms with Crippen LogP contribution in [0.3, 0.4) is 0 Å². The summed E-state index contributed by atoms with van der Waals surface area (Å²) in [5, 5.41) is 103. The molecule has 6 fully saturated rings. The number of ketones is 2. The van der Waals surface area contributed by atoms with Crippen LogP contribution in [0.25, 0.3) is 0 Å². The number of hydrogen-bond acceptors (Lipinski definition) is 18. The summed E-state index contributed by atoms with van der Waals surface area (Å²) in [5.41, 5.74) is 0.735. The molecule has 10 N–H and O–H groups in total. The number of Topliss-reactive ketones (excluding diaryl/α,β-unsaturated/α-hetero) is 2. The molecule has 3 heterocycles. The fraction of sp³-hybridized carbons (Fsp3) is 0.911. The van der Waals surface area contributed by atoms with Gasteiger partial charge in [0.25, 0.3) is 0 Å². The van der Waals surface area contributed by atoms with Crippen LogP contribution in [0, 0.1) is 46.3 Å². The standard InChI is InChI=1S/C45H72O18/c1-19(18-58-41-38(56)36(54)33(51)29(16-46)61-41)6-9-27(48)20(2)31-28(49)15-26-24-8-7-22-14-23(10-12-44(22,4)25(24)11-13-45(26,31)5)60-43-40(37(55)34(52)30(17-47)62-43)63-42-39(57)35(53)32(50)21(3)59-42/h7,19-21,23-26,29-43,46-47,50-57H,6,8-18H2,1-5H3/t19-,20-,21?,23+,24-,25+,26+,29?,30?,31+,32+,33-,34-,35+,36+,37+,38?,39?,40?,41-,42+,43-,44+,45+/m1/s1. The van der Waals surface area contributed by atoms with Gasteiger partial charge in [-0.25, -0.2) is 0 Å². The smallest absolute Gasteiger partial charge is 0.187 e. The second kappa shape index (κ2) is 19.6. The van der Waals surface area contributed by atoms with E-state index in [1.54, 1.807) is 0 Å². The second-order valence-electron chi connectivity index (χ2n) is 20.4. The Balaban J connectivity index is 0.964. The Morgan fingerprint density at radius 3 is 2.08 bits per heavy atom. The number of carbonyl (C=O) groups excluding carboxylic acids is 2. The summed E-state index contributed by atoms with van der Waals surface area (Å²) in [5.74, 6) is -0.137. The number of hydrogen-bond donors (Lipinski definition) is 10. The van der Waals surface area contributed by atoms with Gasteiger partial charge in [0.05, 0.1) is 32.0 Å². The minimum atomic E-state index is -1.67. The molecular formula is C45H72O18. The molecule has 7 aliphatic rings. The predicted molar refractivity (Wildman–Crippen MR) is 218 cm³/mol. The summed E-state index contributed by atoms with van der Waals surface area (Å²) in [6.45, 7) is 8.71. The summed E-state index contributed by atoms with van der Waals surface area (Å²) < 4.78 is 35.1. The van der Waals surface area contributed by atoms with Crippen molar-refractivity contribution < 1.29 is 89.1 Å². The zero-order valence-electron chi connectivity index (χ0n) is 37.0. The molecule has 0 aromatic carbocycles. The highest BCUT2D eigenvalue weighted by atomic mass is 16.8. The van der Waals surface area contributed by atoms with Crippen molar-refractivity contribution in [1.29, 1.82) is 0 Å². The molecule has 0 bridgehead atoms. The van der Waals surface area contributed by atoms with Gasteiger partial charge in [0.2, 0.25) is 0 Å². The number of aliphatic hydroxyl groups excluding tert-OH is 10. The van der Waals surface area contributed by atoms with E-state index in [-0.39, 0.29) is 59.3 Å². The van der Waals surface area contributed by atoms with Crippen molar-refractivity contribution in [3.8, 4) is 0 Å². The summed E-state index contributed by atoms with van der Waals surface area (Å²) in [4.78, 5) is 27.8. The Morgan fingerprint density at radius 1 is 0.762 bits per heavy atom. The van der Waals surface area contributed by atoms with Crippen molar-refractivity contribution in [1.82, 2.24) is 0 Å². The molecule has 3 aliphatic heterocycles. The van der Waals surface area contributed by atoms with Crippen molar-refractivity contribution >= 4 is 11.6 Å². The number of allylic oxidation sites excluding steroid dienone is 1. The lowest BCUT2D eigenvalue weighted by atomic mass is 9.47. The molecule has 63 heavy (non-hydrogen) atoms. The summed E-state index contributed by atoms with van der Waals surface area (Å²) in [6, 6.07) is 0. The Labute approximate surface area is 368 Å². The molecule has 3 saturated carbocycles. The number of aliphatic hydroxyl groups is 10. The van der Waals surface area contributed by atoms with Gasteiger partial charge in [-0.15, -0.1) is 0 Å². The molecule has 0 aromatic heterocycles. The molecular weight excluding hydrogens is 828 g/mol. The zero-order chi connectivity index (χ0) is 45.9. The van der Waals surface area contributed by atoms with Crippen LogP contribution in [0.2, 0.25) is 0 Å². The molecule has 7 rings (SSSR count). The van der Waals surface area contributed by atoms with E-state index < -0.39 is 117 Å². The fourth-order valence-corrected chi connectivity index (χ4v) is 12.6. The summed E-state index contributed by atoms with van der Waals surface area (Å²) in [7, 11) is 0. The molecule has 18 nitrogen and oxygen atoms in total. The van der Waals surface area contributed by atoms with Crippen LogP contribution >= 0.6 is 0 Å². The van der Waals surface area contributed by atoms with E-state index in [4.69, 9.17) is 28.4 Å². The third-order valence-electron chi connectivity index (χ3n) is 16.5. The SMILES string of the molecule is CC1O[C@@H](OC2[C@H](O[C@H]3CC[C@@]4(C)C(=CC[C@H]5[C@@H]6CC(=O)[C@H]([C@H](C)C(=O)CC[C@@H](C)CO[C@@H]7OC(CO)[C@@H](O)[C@H](O)C7O)[C@@]6(C)CC[C@@H]54)C3)OC(CO)[C@@H](O)[C@@H]2O)C(O)[C@@H](O)[C@H]1O. The third-order valence-corrected chi connectivity index (χ3v) is 16.5. The monoisotopic (exact) mass is 900 g/mol. The molecule has 6 unspecified atom stereocenters. The minimum Gasteiger partial charge on any atom is -0.394 e. The molecule has 4 aliphatic carbocycles. The van der Waals surface area contributed by atoms with Gasteiger partial charge in [-0.05, 0) is 86.4 Å². The van der Waals surface area contributed by atoms with Crippen molar-refractivity contribution in [2.45, 2.75) is 191 Å². The topological polar surface area (TPSA) is 292 Å². The maximum Gasteiger partial charge on any atom is 0.187 e. The van der Waals surface area contributed by atoms with Gasteiger partial charge in [0, 0.05) is 24.7 Å². The average molecular weight is 901 g/mol. The molecule has 0 amide bonds. The average Bonchev–Trinajstić information content (AvgIpc) is 3.54. The lowest BCUT2D eigenvalue weighted by Crippen LogP contribution is -2.64. The molecule has 24 atom stereocenters. The molecule has 360 valence electrons. The Morgan fingerprint density at radius 2 is 1.40 bits per heavy atom. The first-order chi connectivity index (χ1) is 29.7. The number of carbonyl (C=O) groups is 2. The largest absolute Gasteiger partial charge is 0.394 e. The van der Waals surface area contributed by atoms with Crippen LogP contribution in [0.1, 0.15) is 92.4 Å². The van der Waals surface area contributed by atoms with E-state index in [0.29, 0.717) is 31.6 Å². The Bertz CT molecular complexity index is 1630. The van der Waals surface area contributed by atoms with Crippen LogP contribution < -0.4 is 0 Å². The Hall–Kier alpha value is -1.56. The van der Waals surface area contributed by atoms with Gasteiger partial charge < -0.3 is 79.5 Å². The van der Waals surface area contributed by atoms with E-state index in [1.165, 1.54) is 12.5 Å². The van der Waals surface area contributed by atoms with Crippen LogP contribution in [0.4, 0.5) is 0 Å². The number of ether oxygens (including phenoxy) is 6. The molecule has 0 radical (unpaired) electrons. The van der Waals surface area contributed by atoms with Gasteiger partial charge in [-0.2, -0.15) is 0 Å². The highest BCUT2D eigenvalue weighted by Crippen LogP contribution is 2.66. The van der Waals surface area contributed by atoms with E-state index in [2.05, 4.69) is 19.9 Å². The van der Waals surface area contributed by atoms with E-state index in [0.717, 1.165) is 25.7 Å². The first-order valence-corrected chi connectivity index (χ1v) is 23.1. The van der Waals surface area contributed by atoms with E-state index >= 15 is 0 Å². The zero-order valence-corrected chi connectivity index (χ0v) is 37.0. The number of rotatable bonds is 14. The van der Waals surface area contributed by atoms with Crippen molar-refractivity contribution in [3.05, 3.63) is 11.6 Å². The molecule has 0 aromatic rings. The quantitative estimate of drug-likeness (QED) is 0.0957. The van der Waals surface area contributed by atoms with Crippen molar-refractivity contribution in [2.24, 2.45) is 46.3 Å². The maximum absolute atomic E-state index is 14.0. The lowest BCUT2D eigenvalue weighted by Gasteiger charge is -2.58. The van der Waals surface area contributed by atoms with Crippen LogP contribution in [-0.2, 0) is 38.0 Å². The van der Waals surface area contributed by atoms with Gasteiger partial charge in [0.15, 0.2) is 18.9 Å². The van der Waals surface area contributed by atoms with Crippen molar-refractivity contribution in [3.63, 3.8) is 0 Å². The Kier molecular flexibility index (Phi) is 15.3. The van der Waals surface area contributed by atoms with Gasteiger partial charge >= 0.3 is 0 Å². The summed E-state index contributed by atoms with van der Waals surface area (Å²) in [6.07, 6.45) is -13.4. The highest BCUT2D eigenvalue weighted by molar-refractivity contribution is 5.92. The molecule has 18 heteroatoms. The van der Waals surface area contributed by atoms with Crippen LogP contribution in [-0.4, -0.2) is 181 Å². The second-order valence-corrected chi connectivity index (χ2v) is 20.4. The van der Waals surface area contributed by atoms with Gasteiger partial charge in [0.1, 0.15) is 78.7 Å². The fourth-order valence-electron chi connectivity index (χ4n) is 12.6. The minimum absolute atomic E-state index is 0.0171. The van der Waals surface area contributed by atoms with E-state index in [9.17, 15) is 60.7 Å². The van der Waals surface area contributed by atoms with Crippen molar-refractivity contribution in [2.75, 3.05) is 19.8 Å². The van der Waals surface area contributed by atoms with Gasteiger partial charge in [-0.3, -0.25) is 9.59 Å². The molecule has 0 spiro atoms. The van der Waals surface area contributed by atoms with Crippen LogP contribution in [0.5, 0.6) is 0 Å². The number of fused-ring (bicyclic) bond motifs is 5. The van der Waals surface area contributed by atoms with Gasteiger partial charge in [-0.1, -0.05) is 39.3 Å². The molecule has 3 saturated heterocycles.